The first-order valence-corrected chi connectivity index (χ1v) is 6.44. The van der Waals surface area contributed by atoms with E-state index in [0.717, 1.165) is 11.1 Å². The van der Waals surface area contributed by atoms with Crippen LogP contribution in [0.25, 0.3) is 0 Å². The van der Waals surface area contributed by atoms with Gasteiger partial charge >= 0.3 is 5.97 Å². The Hall–Kier alpha value is -1.30. The molecule has 1 aliphatic carbocycles. The molecular formula is C14H20ClNO4. The van der Waals surface area contributed by atoms with Crippen LogP contribution in [0.2, 0.25) is 0 Å². The van der Waals surface area contributed by atoms with Gasteiger partial charge in [0.05, 0.1) is 12.7 Å². The molecule has 0 saturated carbocycles. The predicted molar refractivity (Wildman–Crippen MR) is 77.2 cm³/mol. The minimum absolute atomic E-state index is 0. The van der Waals surface area contributed by atoms with E-state index in [1.807, 2.05) is 18.2 Å². The molecule has 2 atom stereocenters. The Bertz CT molecular complexity index is 466. The Morgan fingerprint density at radius 1 is 1.45 bits per heavy atom. The molecule has 0 radical (unpaired) electrons. The first kappa shape index (κ1) is 16.8. The van der Waals surface area contributed by atoms with Crippen LogP contribution in [0.1, 0.15) is 18.1 Å². The van der Waals surface area contributed by atoms with Crippen molar-refractivity contribution in [1.29, 1.82) is 0 Å². The number of hydrogen-bond acceptors (Lipinski definition) is 5. The van der Waals surface area contributed by atoms with Gasteiger partial charge in [0.2, 0.25) is 0 Å². The third kappa shape index (κ3) is 3.85. The molecular weight excluding hydrogens is 282 g/mol. The zero-order chi connectivity index (χ0) is 13.8. The van der Waals surface area contributed by atoms with E-state index in [2.05, 4.69) is 0 Å². The van der Waals surface area contributed by atoms with E-state index in [-0.39, 0.29) is 31.0 Å². The van der Waals surface area contributed by atoms with E-state index in [1.54, 1.807) is 6.92 Å². The molecule has 0 saturated heterocycles. The van der Waals surface area contributed by atoms with Crippen molar-refractivity contribution < 1.29 is 19.4 Å². The normalized spacial score (nSPS) is 20.6. The Morgan fingerprint density at radius 3 is 2.90 bits per heavy atom. The number of halogens is 1. The first-order valence-electron chi connectivity index (χ1n) is 6.44. The summed E-state index contributed by atoms with van der Waals surface area (Å²) in [6.07, 6.45) is 0.551. The van der Waals surface area contributed by atoms with Gasteiger partial charge in [0.1, 0.15) is 5.75 Å². The van der Waals surface area contributed by atoms with E-state index in [0.29, 0.717) is 25.2 Å². The van der Waals surface area contributed by atoms with Gasteiger partial charge < -0.3 is 20.3 Å². The molecule has 0 bridgehead atoms. The Labute approximate surface area is 124 Å². The van der Waals surface area contributed by atoms with Crippen LogP contribution in [0.15, 0.2) is 18.2 Å². The fourth-order valence-electron chi connectivity index (χ4n) is 2.26. The van der Waals surface area contributed by atoms with Crippen molar-refractivity contribution in [3.63, 3.8) is 0 Å². The van der Waals surface area contributed by atoms with Crippen molar-refractivity contribution in [2.45, 2.75) is 31.9 Å². The molecule has 1 aliphatic rings. The summed E-state index contributed by atoms with van der Waals surface area (Å²) in [4.78, 5) is 11.3. The minimum Gasteiger partial charge on any atom is -0.482 e. The maximum Gasteiger partial charge on any atom is 0.344 e. The van der Waals surface area contributed by atoms with Crippen molar-refractivity contribution in [2.24, 2.45) is 5.73 Å². The predicted octanol–water partition coefficient (Wildman–Crippen LogP) is 0.837. The number of aliphatic hydroxyl groups is 1. The second-order valence-corrected chi connectivity index (χ2v) is 4.63. The third-order valence-corrected chi connectivity index (χ3v) is 3.24. The molecule has 6 heteroatoms. The van der Waals surface area contributed by atoms with E-state index >= 15 is 0 Å². The van der Waals surface area contributed by atoms with Crippen molar-refractivity contribution in [1.82, 2.24) is 0 Å². The molecule has 0 aliphatic heterocycles. The summed E-state index contributed by atoms with van der Waals surface area (Å²) in [5, 5.41) is 9.76. The Balaban J connectivity index is 0.00000200. The summed E-state index contributed by atoms with van der Waals surface area (Å²) in [5.74, 6) is 0.258. The number of carbonyl (C=O) groups excluding carboxylic acids is 1. The van der Waals surface area contributed by atoms with Crippen LogP contribution >= 0.6 is 12.4 Å². The lowest BCUT2D eigenvalue weighted by Crippen LogP contribution is -2.41. The number of fused-ring (bicyclic) bond motifs is 1. The zero-order valence-corrected chi connectivity index (χ0v) is 12.2. The molecule has 0 spiro atoms. The summed E-state index contributed by atoms with van der Waals surface area (Å²) >= 11 is 0. The largest absolute Gasteiger partial charge is 0.482 e. The van der Waals surface area contributed by atoms with Crippen LogP contribution in [-0.4, -0.2) is 36.4 Å². The van der Waals surface area contributed by atoms with Crippen molar-refractivity contribution in [2.75, 3.05) is 13.2 Å². The summed E-state index contributed by atoms with van der Waals surface area (Å²) in [5.41, 5.74) is 7.87. The van der Waals surface area contributed by atoms with E-state index < -0.39 is 6.10 Å². The molecule has 112 valence electrons. The van der Waals surface area contributed by atoms with Gasteiger partial charge in [-0.2, -0.15) is 0 Å². The zero-order valence-electron chi connectivity index (χ0n) is 11.4. The fraction of sp³-hybridized carbons (Fsp3) is 0.500. The minimum atomic E-state index is -0.521. The lowest BCUT2D eigenvalue weighted by molar-refractivity contribution is -0.145. The fourth-order valence-corrected chi connectivity index (χ4v) is 2.26. The monoisotopic (exact) mass is 301 g/mol. The SMILES string of the molecule is CCOC(=O)COc1cccc2c1C[C@@H](N)[C@H](O)C2.Cl. The molecule has 1 aromatic rings. The number of ether oxygens (including phenoxy) is 2. The molecule has 20 heavy (non-hydrogen) atoms. The highest BCUT2D eigenvalue weighted by molar-refractivity contribution is 5.85. The smallest absolute Gasteiger partial charge is 0.344 e. The maximum atomic E-state index is 11.3. The van der Waals surface area contributed by atoms with Gasteiger partial charge in [-0.05, 0) is 30.5 Å². The Morgan fingerprint density at radius 2 is 2.20 bits per heavy atom. The summed E-state index contributed by atoms with van der Waals surface area (Å²) < 4.78 is 10.3. The van der Waals surface area contributed by atoms with Crippen molar-refractivity contribution >= 4 is 18.4 Å². The lowest BCUT2D eigenvalue weighted by atomic mass is 9.86. The number of hydrogen-bond donors (Lipinski definition) is 2. The highest BCUT2D eigenvalue weighted by atomic mass is 35.5. The van der Waals surface area contributed by atoms with Gasteiger partial charge in [0.25, 0.3) is 0 Å². The van der Waals surface area contributed by atoms with E-state index in [4.69, 9.17) is 15.2 Å². The van der Waals surface area contributed by atoms with Crippen LogP contribution in [-0.2, 0) is 22.4 Å². The standard InChI is InChI=1S/C14H19NO4.ClH/c1-2-18-14(17)8-19-13-5-3-4-9-6-12(16)11(15)7-10(9)13;/h3-5,11-12,16H,2,6-8,15H2,1H3;1H/t11-,12-;/m1./s1. The molecule has 1 aromatic carbocycles. The molecule has 3 N–H and O–H groups in total. The van der Waals surface area contributed by atoms with Crippen LogP contribution in [0.3, 0.4) is 0 Å². The van der Waals surface area contributed by atoms with E-state index in [9.17, 15) is 9.90 Å². The van der Waals surface area contributed by atoms with Crippen LogP contribution in [0.4, 0.5) is 0 Å². The summed E-state index contributed by atoms with van der Waals surface area (Å²) in [6, 6.07) is 5.31. The quantitative estimate of drug-likeness (QED) is 0.805. The molecule has 0 amide bonds. The number of aliphatic hydroxyl groups excluding tert-OH is 1. The number of nitrogens with two attached hydrogens (primary N) is 1. The van der Waals surface area contributed by atoms with Gasteiger partial charge in [-0.25, -0.2) is 4.79 Å². The number of carbonyl (C=O) groups is 1. The molecule has 2 rings (SSSR count). The van der Waals surface area contributed by atoms with Gasteiger partial charge in [-0.15, -0.1) is 12.4 Å². The topological polar surface area (TPSA) is 81.8 Å². The van der Waals surface area contributed by atoms with Gasteiger partial charge in [-0.1, -0.05) is 12.1 Å². The average molecular weight is 302 g/mol. The molecule has 5 nitrogen and oxygen atoms in total. The van der Waals surface area contributed by atoms with Gasteiger partial charge in [0, 0.05) is 12.5 Å². The van der Waals surface area contributed by atoms with Crippen LogP contribution in [0.5, 0.6) is 5.75 Å². The van der Waals surface area contributed by atoms with Crippen molar-refractivity contribution in [3.05, 3.63) is 29.3 Å². The second-order valence-electron chi connectivity index (χ2n) is 4.63. The summed E-state index contributed by atoms with van der Waals surface area (Å²) in [7, 11) is 0. The van der Waals surface area contributed by atoms with E-state index in [1.165, 1.54) is 0 Å². The number of benzene rings is 1. The number of rotatable bonds is 4. The Kier molecular flexibility index (Phi) is 6.26. The highest BCUT2D eigenvalue weighted by Crippen LogP contribution is 2.29. The number of esters is 1. The second kappa shape index (κ2) is 7.47. The average Bonchev–Trinajstić information content (AvgIpc) is 2.38. The van der Waals surface area contributed by atoms with Gasteiger partial charge in [0.15, 0.2) is 6.61 Å². The molecule has 0 heterocycles. The van der Waals surface area contributed by atoms with Gasteiger partial charge in [-0.3, -0.25) is 0 Å². The first-order chi connectivity index (χ1) is 9.11. The van der Waals surface area contributed by atoms with Crippen LogP contribution in [0, 0.1) is 0 Å². The third-order valence-electron chi connectivity index (χ3n) is 3.24. The molecule has 0 fully saturated rings. The lowest BCUT2D eigenvalue weighted by Gasteiger charge is -2.28. The highest BCUT2D eigenvalue weighted by Gasteiger charge is 2.26. The maximum absolute atomic E-state index is 11.3. The van der Waals surface area contributed by atoms with Crippen molar-refractivity contribution in [3.8, 4) is 5.75 Å². The van der Waals surface area contributed by atoms with Crippen LogP contribution < -0.4 is 10.5 Å². The summed E-state index contributed by atoms with van der Waals surface area (Å²) in [6.45, 7) is 1.98. The molecule has 0 unspecified atom stereocenters. The molecule has 0 aromatic heterocycles.